The number of anilines is 1. The molecule has 0 fully saturated rings. The zero-order valence-electron chi connectivity index (χ0n) is 11.0. The maximum atomic E-state index is 5.85. The van der Waals surface area contributed by atoms with Gasteiger partial charge in [-0.25, -0.2) is 4.98 Å². The molecular formula is C14H17ClN2O. The molecule has 2 heterocycles. The molecule has 0 spiro atoms. The Bertz CT molecular complexity index is 563. The van der Waals surface area contributed by atoms with Crippen LogP contribution in [0, 0.1) is 20.8 Å². The normalized spacial score (nSPS) is 12.5. The van der Waals surface area contributed by atoms with Crippen LogP contribution >= 0.6 is 11.6 Å². The summed E-state index contributed by atoms with van der Waals surface area (Å²) in [5.74, 6) is 1.88. The first-order valence-corrected chi connectivity index (χ1v) is 6.32. The van der Waals surface area contributed by atoms with Crippen LogP contribution in [-0.4, -0.2) is 4.98 Å². The van der Waals surface area contributed by atoms with Gasteiger partial charge in [-0.15, -0.1) is 0 Å². The molecule has 0 aromatic carbocycles. The number of rotatable bonds is 3. The molecule has 0 aliphatic rings. The van der Waals surface area contributed by atoms with Gasteiger partial charge >= 0.3 is 0 Å². The highest BCUT2D eigenvalue weighted by molar-refractivity contribution is 6.29. The minimum atomic E-state index is 0.170. The third-order valence-corrected chi connectivity index (χ3v) is 3.18. The summed E-state index contributed by atoms with van der Waals surface area (Å²) in [6.07, 6.45) is 0. The molecule has 0 bridgehead atoms. The number of aromatic nitrogens is 1. The molecule has 1 N–H and O–H groups in total. The van der Waals surface area contributed by atoms with E-state index >= 15 is 0 Å². The van der Waals surface area contributed by atoms with Crippen LogP contribution < -0.4 is 5.32 Å². The zero-order valence-corrected chi connectivity index (χ0v) is 11.8. The van der Waals surface area contributed by atoms with Crippen molar-refractivity contribution >= 4 is 17.3 Å². The van der Waals surface area contributed by atoms with E-state index < -0.39 is 0 Å². The summed E-state index contributed by atoms with van der Waals surface area (Å²) in [5.41, 5.74) is 3.05. The van der Waals surface area contributed by atoms with Crippen molar-refractivity contribution in [2.75, 3.05) is 5.32 Å². The van der Waals surface area contributed by atoms with Gasteiger partial charge in [0.1, 0.15) is 16.7 Å². The molecule has 0 amide bonds. The fourth-order valence-corrected chi connectivity index (χ4v) is 2.26. The van der Waals surface area contributed by atoms with Gasteiger partial charge in [-0.2, -0.15) is 0 Å². The van der Waals surface area contributed by atoms with Gasteiger partial charge in [0, 0.05) is 5.56 Å². The van der Waals surface area contributed by atoms with Gasteiger partial charge in [0.05, 0.1) is 17.4 Å². The lowest BCUT2D eigenvalue weighted by Crippen LogP contribution is -2.08. The Balaban J connectivity index is 2.21. The summed E-state index contributed by atoms with van der Waals surface area (Å²) in [6.45, 7) is 7.98. The molecule has 1 unspecified atom stereocenters. The molecule has 96 valence electrons. The second kappa shape index (κ2) is 5.02. The standard InChI is InChI=1S/C14H17ClN2O/c1-8-7-12(11(4)18-8)9(2)16-13-5-6-14(15)17-10(13)3/h5-7,9,16H,1-4H3. The first-order chi connectivity index (χ1) is 8.47. The molecular weight excluding hydrogens is 248 g/mol. The molecule has 0 radical (unpaired) electrons. The van der Waals surface area contributed by atoms with Gasteiger partial charge in [0.25, 0.3) is 0 Å². The number of hydrogen-bond donors (Lipinski definition) is 1. The molecule has 2 rings (SSSR count). The summed E-state index contributed by atoms with van der Waals surface area (Å²) in [4.78, 5) is 4.23. The predicted molar refractivity (Wildman–Crippen MR) is 74.2 cm³/mol. The van der Waals surface area contributed by atoms with Crippen molar-refractivity contribution in [3.05, 3.63) is 46.1 Å². The number of nitrogens with one attached hydrogen (secondary N) is 1. The van der Waals surface area contributed by atoms with Crippen molar-refractivity contribution < 1.29 is 4.42 Å². The summed E-state index contributed by atoms with van der Waals surface area (Å²) in [7, 11) is 0. The number of halogens is 1. The van der Waals surface area contributed by atoms with Gasteiger partial charge in [0.15, 0.2) is 0 Å². The first-order valence-electron chi connectivity index (χ1n) is 5.94. The third kappa shape index (κ3) is 2.67. The predicted octanol–water partition coefficient (Wildman–Crippen LogP) is 4.43. The Labute approximate surface area is 112 Å². The van der Waals surface area contributed by atoms with E-state index in [9.17, 15) is 0 Å². The molecule has 0 aliphatic carbocycles. The van der Waals surface area contributed by atoms with Gasteiger partial charge < -0.3 is 9.73 Å². The van der Waals surface area contributed by atoms with E-state index in [-0.39, 0.29) is 6.04 Å². The topological polar surface area (TPSA) is 38.1 Å². The minimum absolute atomic E-state index is 0.170. The number of nitrogens with zero attached hydrogens (tertiary/aromatic N) is 1. The Morgan fingerprint density at radius 3 is 2.56 bits per heavy atom. The minimum Gasteiger partial charge on any atom is -0.466 e. The smallest absolute Gasteiger partial charge is 0.129 e. The van der Waals surface area contributed by atoms with Crippen molar-refractivity contribution in [2.24, 2.45) is 0 Å². The van der Waals surface area contributed by atoms with Crippen LogP contribution in [0.4, 0.5) is 5.69 Å². The summed E-state index contributed by atoms with van der Waals surface area (Å²) in [5, 5.41) is 3.94. The fraction of sp³-hybridized carbons (Fsp3) is 0.357. The quantitative estimate of drug-likeness (QED) is 0.834. The van der Waals surface area contributed by atoms with Crippen LogP contribution in [0.3, 0.4) is 0 Å². The lowest BCUT2D eigenvalue weighted by Gasteiger charge is -2.16. The van der Waals surface area contributed by atoms with Crippen LogP contribution in [0.1, 0.15) is 35.7 Å². The fourth-order valence-electron chi connectivity index (χ4n) is 2.07. The van der Waals surface area contributed by atoms with E-state index in [1.54, 1.807) is 6.07 Å². The molecule has 0 aliphatic heterocycles. The second-order valence-electron chi connectivity index (χ2n) is 4.50. The van der Waals surface area contributed by atoms with Gasteiger partial charge in [-0.1, -0.05) is 11.6 Å². The Morgan fingerprint density at radius 2 is 2.00 bits per heavy atom. The number of hydrogen-bond acceptors (Lipinski definition) is 3. The largest absolute Gasteiger partial charge is 0.466 e. The number of furan rings is 1. The molecule has 0 saturated carbocycles. The monoisotopic (exact) mass is 264 g/mol. The van der Waals surface area contributed by atoms with Crippen LogP contribution in [0.5, 0.6) is 0 Å². The van der Waals surface area contributed by atoms with E-state index in [0.29, 0.717) is 5.15 Å². The highest BCUT2D eigenvalue weighted by Gasteiger charge is 2.13. The molecule has 3 nitrogen and oxygen atoms in total. The van der Waals surface area contributed by atoms with Crippen molar-refractivity contribution in [1.82, 2.24) is 4.98 Å². The lowest BCUT2D eigenvalue weighted by molar-refractivity contribution is 0.500. The van der Waals surface area contributed by atoms with Crippen molar-refractivity contribution in [3.63, 3.8) is 0 Å². The first kappa shape index (κ1) is 13.0. The Morgan fingerprint density at radius 1 is 1.28 bits per heavy atom. The molecule has 0 saturated heterocycles. The van der Waals surface area contributed by atoms with Crippen LogP contribution in [0.2, 0.25) is 5.15 Å². The van der Waals surface area contributed by atoms with Gasteiger partial charge in [-0.05, 0) is 45.9 Å². The maximum Gasteiger partial charge on any atom is 0.129 e. The molecule has 18 heavy (non-hydrogen) atoms. The van der Waals surface area contributed by atoms with Crippen LogP contribution in [0.15, 0.2) is 22.6 Å². The molecule has 4 heteroatoms. The van der Waals surface area contributed by atoms with Crippen LogP contribution in [0.25, 0.3) is 0 Å². The highest BCUT2D eigenvalue weighted by Crippen LogP contribution is 2.26. The highest BCUT2D eigenvalue weighted by atomic mass is 35.5. The summed E-state index contributed by atoms with van der Waals surface area (Å²) >= 11 is 5.85. The SMILES string of the molecule is Cc1cc(C(C)Nc2ccc(Cl)nc2C)c(C)o1. The van der Waals surface area contributed by atoms with E-state index in [1.165, 1.54) is 5.56 Å². The Kier molecular flexibility index (Phi) is 3.62. The average Bonchev–Trinajstić information content (AvgIpc) is 2.62. The van der Waals surface area contributed by atoms with E-state index in [0.717, 1.165) is 22.9 Å². The van der Waals surface area contributed by atoms with Crippen LogP contribution in [-0.2, 0) is 0 Å². The van der Waals surface area contributed by atoms with Gasteiger partial charge in [-0.3, -0.25) is 0 Å². The van der Waals surface area contributed by atoms with Crippen molar-refractivity contribution in [2.45, 2.75) is 33.7 Å². The third-order valence-electron chi connectivity index (χ3n) is 2.97. The Hall–Kier alpha value is -1.48. The summed E-state index contributed by atoms with van der Waals surface area (Å²) in [6, 6.07) is 5.97. The van der Waals surface area contributed by atoms with Crippen molar-refractivity contribution in [3.8, 4) is 0 Å². The average molecular weight is 265 g/mol. The van der Waals surface area contributed by atoms with Gasteiger partial charge in [0.2, 0.25) is 0 Å². The maximum absolute atomic E-state index is 5.85. The van der Waals surface area contributed by atoms with E-state index in [4.69, 9.17) is 16.0 Å². The number of pyridine rings is 1. The second-order valence-corrected chi connectivity index (χ2v) is 4.89. The van der Waals surface area contributed by atoms with E-state index in [2.05, 4.69) is 23.3 Å². The molecule has 2 aromatic rings. The number of aryl methyl sites for hydroxylation is 3. The van der Waals surface area contributed by atoms with E-state index in [1.807, 2.05) is 26.8 Å². The molecule has 1 atom stereocenters. The van der Waals surface area contributed by atoms with Crippen molar-refractivity contribution in [1.29, 1.82) is 0 Å². The lowest BCUT2D eigenvalue weighted by atomic mass is 10.1. The zero-order chi connectivity index (χ0) is 13.3. The summed E-state index contributed by atoms with van der Waals surface area (Å²) < 4.78 is 5.55. The molecule has 2 aromatic heterocycles.